The Morgan fingerprint density at radius 2 is 1.71 bits per heavy atom. The molecule has 1 unspecified atom stereocenters. The molecule has 5 heteroatoms. The van der Waals surface area contributed by atoms with Crippen LogP contribution in [-0.4, -0.2) is 15.5 Å². The van der Waals surface area contributed by atoms with Crippen LogP contribution in [0.1, 0.15) is 24.1 Å². The van der Waals surface area contributed by atoms with Gasteiger partial charge in [0.05, 0.1) is 4.90 Å². The molecule has 0 amide bonds. The standard InChI is InChI=1S/C16H20N2O2S/c1-12-5-4-6-15(11-12)18-21(19,20)16-9-7-14(8-10-16)13(2)17-3/h4-11,13,17-18H,1-3H3. The van der Waals surface area contributed by atoms with E-state index in [4.69, 9.17) is 0 Å². The number of sulfonamides is 1. The first-order valence-electron chi connectivity index (χ1n) is 6.79. The van der Waals surface area contributed by atoms with Crippen molar-refractivity contribution in [3.8, 4) is 0 Å². The Hall–Kier alpha value is -1.85. The number of hydrogen-bond donors (Lipinski definition) is 2. The van der Waals surface area contributed by atoms with Gasteiger partial charge in [-0.15, -0.1) is 0 Å². The predicted molar refractivity (Wildman–Crippen MR) is 85.9 cm³/mol. The first-order chi connectivity index (χ1) is 9.92. The van der Waals surface area contributed by atoms with E-state index in [1.54, 1.807) is 24.3 Å². The highest BCUT2D eigenvalue weighted by atomic mass is 32.2. The minimum atomic E-state index is -3.55. The smallest absolute Gasteiger partial charge is 0.261 e. The van der Waals surface area contributed by atoms with E-state index in [1.165, 1.54) is 0 Å². The summed E-state index contributed by atoms with van der Waals surface area (Å²) in [4.78, 5) is 0.260. The fourth-order valence-corrected chi connectivity index (χ4v) is 3.07. The van der Waals surface area contributed by atoms with Gasteiger partial charge in [-0.05, 0) is 56.3 Å². The van der Waals surface area contributed by atoms with E-state index in [0.29, 0.717) is 5.69 Å². The molecule has 0 aliphatic rings. The van der Waals surface area contributed by atoms with Gasteiger partial charge in [0.1, 0.15) is 0 Å². The van der Waals surface area contributed by atoms with Crippen molar-refractivity contribution in [2.75, 3.05) is 11.8 Å². The summed E-state index contributed by atoms with van der Waals surface area (Å²) in [5, 5.41) is 3.12. The van der Waals surface area contributed by atoms with Crippen molar-refractivity contribution in [1.82, 2.24) is 5.32 Å². The molecule has 112 valence electrons. The zero-order valence-corrected chi connectivity index (χ0v) is 13.2. The van der Waals surface area contributed by atoms with E-state index < -0.39 is 10.0 Å². The molecule has 1 atom stereocenters. The molecular formula is C16H20N2O2S. The molecule has 2 N–H and O–H groups in total. The Kier molecular flexibility index (Phi) is 4.65. The van der Waals surface area contributed by atoms with E-state index in [1.807, 2.05) is 45.2 Å². The zero-order valence-electron chi connectivity index (χ0n) is 12.4. The van der Waals surface area contributed by atoms with Crippen LogP contribution in [0.25, 0.3) is 0 Å². The molecule has 2 rings (SSSR count). The van der Waals surface area contributed by atoms with Gasteiger partial charge >= 0.3 is 0 Å². The van der Waals surface area contributed by atoms with E-state index in [2.05, 4.69) is 10.0 Å². The second-order valence-electron chi connectivity index (χ2n) is 5.05. The summed E-state index contributed by atoms with van der Waals surface area (Å²) in [6, 6.07) is 14.4. The first kappa shape index (κ1) is 15.5. The van der Waals surface area contributed by atoms with Gasteiger partial charge in [-0.1, -0.05) is 24.3 Å². The number of anilines is 1. The molecule has 21 heavy (non-hydrogen) atoms. The van der Waals surface area contributed by atoms with Crippen LogP contribution in [0.2, 0.25) is 0 Å². The molecule has 0 saturated carbocycles. The minimum absolute atomic E-state index is 0.187. The minimum Gasteiger partial charge on any atom is -0.313 e. The quantitative estimate of drug-likeness (QED) is 0.892. The SMILES string of the molecule is CNC(C)c1ccc(S(=O)(=O)Nc2cccc(C)c2)cc1. The number of nitrogens with one attached hydrogen (secondary N) is 2. The van der Waals surface area contributed by atoms with Gasteiger partial charge in [0.15, 0.2) is 0 Å². The number of rotatable bonds is 5. The zero-order chi connectivity index (χ0) is 15.5. The van der Waals surface area contributed by atoms with Gasteiger partial charge < -0.3 is 5.32 Å². The molecule has 0 bridgehead atoms. The highest BCUT2D eigenvalue weighted by molar-refractivity contribution is 7.92. The summed E-state index contributed by atoms with van der Waals surface area (Å²) in [5.74, 6) is 0. The molecule has 0 heterocycles. The molecule has 2 aromatic rings. The molecule has 0 aliphatic carbocycles. The van der Waals surface area contributed by atoms with Gasteiger partial charge in [0, 0.05) is 11.7 Å². The normalized spacial score (nSPS) is 12.9. The van der Waals surface area contributed by atoms with Crippen molar-refractivity contribution in [3.63, 3.8) is 0 Å². The average Bonchev–Trinajstić information content (AvgIpc) is 2.46. The molecule has 0 saturated heterocycles. The molecule has 4 nitrogen and oxygen atoms in total. The summed E-state index contributed by atoms with van der Waals surface area (Å²) in [6.07, 6.45) is 0. The van der Waals surface area contributed by atoms with Gasteiger partial charge in [-0.2, -0.15) is 0 Å². The van der Waals surface area contributed by atoms with E-state index in [9.17, 15) is 8.42 Å². The van der Waals surface area contributed by atoms with Crippen molar-refractivity contribution in [2.24, 2.45) is 0 Å². The second-order valence-corrected chi connectivity index (χ2v) is 6.74. The van der Waals surface area contributed by atoms with Gasteiger partial charge in [0.2, 0.25) is 0 Å². The van der Waals surface area contributed by atoms with Crippen molar-refractivity contribution in [3.05, 3.63) is 59.7 Å². The summed E-state index contributed by atoms with van der Waals surface area (Å²) < 4.78 is 27.3. The van der Waals surface area contributed by atoms with Gasteiger partial charge in [-0.3, -0.25) is 4.72 Å². The maximum absolute atomic E-state index is 12.3. The lowest BCUT2D eigenvalue weighted by Gasteiger charge is -2.12. The first-order valence-corrected chi connectivity index (χ1v) is 8.27. The van der Waals surface area contributed by atoms with Crippen LogP contribution in [0, 0.1) is 6.92 Å². The number of hydrogen-bond acceptors (Lipinski definition) is 3. The van der Waals surface area contributed by atoms with E-state index in [-0.39, 0.29) is 10.9 Å². The lowest BCUT2D eigenvalue weighted by Crippen LogP contribution is -2.14. The topological polar surface area (TPSA) is 58.2 Å². The number of benzene rings is 2. The summed E-state index contributed by atoms with van der Waals surface area (Å²) in [7, 11) is -1.68. The highest BCUT2D eigenvalue weighted by Gasteiger charge is 2.14. The van der Waals surface area contributed by atoms with Crippen molar-refractivity contribution in [2.45, 2.75) is 24.8 Å². The third kappa shape index (κ3) is 3.83. The summed E-state index contributed by atoms with van der Waals surface area (Å²) in [5.41, 5.74) is 2.63. The predicted octanol–water partition coefficient (Wildman–Crippen LogP) is 3.08. The van der Waals surface area contributed by atoms with Crippen molar-refractivity contribution < 1.29 is 8.42 Å². The lowest BCUT2D eigenvalue weighted by molar-refractivity contribution is 0.601. The average molecular weight is 304 g/mol. The van der Waals surface area contributed by atoms with Crippen LogP contribution in [0.4, 0.5) is 5.69 Å². The Morgan fingerprint density at radius 3 is 2.29 bits per heavy atom. The van der Waals surface area contributed by atoms with Crippen molar-refractivity contribution in [1.29, 1.82) is 0 Å². The van der Waals surface area contributed by atoms with Crippen LogP contribution in [0.5, 0.6) is 0 Å². The molecule has 2 aromatic carbocycles. The highest BCUT2D eigenvalue weighted by Crippen LogP contribution is 2.19. The Labute approximate surface area is 126 Å². The van der Waals surface area contributed by atoms with Crippen LogP contribution in [-0.2, 0) is 10.0 Å². The Bertz CT molecular complexity index is 709. The molecular weight excluding hydrogens is 284 g/mol. The Morgan fingerprint density at radius 1 is 1.05 bits per heavy atom. The molecule has 0 aromatic heterocycles. The van der Waals surface area contributed by atoms with Gasteiger partial charge in [-0.25, -0.2) is 8.42 Å². The van der Waals surface area contributed by atoms with Crippen LogP contribution >= 0.6 is 0 Å². The van der Waals surface area contributed by atoms with Crippen LogP contribution < -0.4 is 10.0 Å². The lowest BCUT2D eigenvalue weighted by atomic mass is 10.1. The maximum atomic E-state index is 12.3. The van der Waals surface area contributed by atoms with E-state index in [0.717, 1.165) is 11.1 Å². The molecule has 0 fully saturated rings. The van der Waals surface area contributed by atoms with Crippen LogP contribution in [0.15, 0.2) is 53.4 Å². The molecule has 0 spiro atoms. The van der Waals surface area contributed by atoms with Crippen LogP contribution in [0.3, 0.4) is 0 Å². The van der Waals surface area contributed by atoms with Gasteiger partial charge in [0.25, 0.3) is 10.0 Å². The summed E-state index contributed by atoms with van der Waals surface area (Å²) in [6.45, 7) is 3.94. The van der Waals surface area contributed by atoms with E-state index >= 15 is 0 Å². The largest absolute Gasteiger partial charge is 0.313 e. The third-order valence-electron chi connectivity index (χ3n) is 3.39. The maximum Gasteiger partial charge on any atom is 0.261 e. The fourth-order valence-electron chi connectivity index (χ4n) is 2.02. The number of aryl methyl sites for hydroxylation is 1. The monoisotopic (exact) mass is 304 g/mol. The Balaban J connectivity index is 2.23. The second kappa shape index (κ2) is 6.28. The van der Waals surface area contributed by atoms with Crippen molar-refractivity contribution >= 4 is 15.7 Å². The fraction of sp³-hybridized carbons (Fsp3) is 0.250. The third-order valence-corrected chi connectivity index (χ3v) is 4.79. The molecule has 0 radical (unpaired) electrons. The molecule has 0 aliphatic heterocycles. The summed E-state index contributed by atoms with van der Waals surface area (Å²) >= 11 is 0.